The number of amides is 2. The summed E-state index contributed by atoms with van der Waals surface area (Å²) < 4.78 is 7.48. The van der Waals surface area contributed by atoms with Crippen molar-refractivity contribution in [2.24, 2.45) is 0 Å². The van der Waals surface area contributed by atoms with Gasteiger partial charge in [-0.1, -0.05) is 19.4 Å². The van der Waals surface area contributed by atoms with Crippen molar-refractivity contribution in [3.63, 3.8) is 0 Å². The molecule has 2 heterocycles. The number of unbranched alkanes of at least 4 members (excludes halogenated alkanes) is 1. The standard InChI is InChI=1S/C23H29N5O2/c1-4-5-16-30-20-11-9-19(10-12-20)26-23(29)25-15-13-21-17(2)27-28(18(21)3)22-8-6-7-14-24-22/h6-12,14H,4-5,13,15-16H2,1-3H3,(H2,25,26,29). The van der Waals surface area contributed by atoms with E-state index in [1.165, 1.54) is 0 Å². The molecule has 7 heteroatoms. The van der Waals surface area contributed by atoms with Crippen LogP contribution in [0.2, 0.25) is 0 Å². The Labute approximate surface area is 177 Å². The van der Waals surface area contributed by atoms with Gasteiger partial charge in [0.25, 0.3) is 0 Å². The molecule has 0 saturated heterocycles. The summed E-state index contributed by atoms with van der Waals surface area (Å²) in [7, 11) is 0. The summed E-state index contributed by atoms with van der Waals surface area (Å²) in [4.78, 5) is 16.6. The smallest absolute Gasteiger partial charge is 0.319 e. The van der Waals surface area contributed by atoms with Crippen molar-refractivity contribution in [2.75, 3.05) is 18.5 Å². The maximum Gasteiger partial charge on any atom is 0.319 e. The predicted molar refractivity (Wildman–Crippen MR) is 118 cm³/mol. The lowest BCUT2D eigenvalue weighted by Crippen LogP contribution is -2.30. The Morgan fingerprint density at radius 3 is 2.63 bits per heavy atom. The molecule has 0 atom stereocenters. The molecule has 0 saturated carbocycles. The van der Waals surface area contributed by atoms with Crippen molar-refractivity contribution in [3.8, 4) is 11.6 Å². The van der Waals surface area contributed by atoms with E-state index in [1.807, 2.05) is 61.0 Å². The quantitative estimate of drug-likeness (QED) is 0.514. The summed E-state index contributed by atoms with van der Waals surface area (Å²) in [6.07, 6.45) is 4.58. The minimum absolute atomic E-state index is 0.234. The largest absolute Gasteiger partial charge is 0.494 e. The number of anilines is 1. The van der Waals surface area contributed by atoms with Crippen LogP contribution in [-0.4, -0.2) is 33.9 Å². The fourth-order valence-corrected chi connectivity index (χ4v) is 3.18. The molecule has 0 aliphatic heterocycles. The molecule has 7 nitrogen and oxygen atoms in total. The molecule has 2 amide bonds. The Balaban J connectivity index is 1.50. The zero-order valence-corrected chi connectivity index (χ0v) is 17.8. The van der Waals surface area contributed by atoms with Gasteiger partial charge in [0.15, 0.2) is 5.82 Å². The highest BCUT2D eigenvalue weighted by Crippen LogP contribution is 2.18. The minimum Gasteiger partial charge on any atom is -0.494 e. The van der Waals surface area contributed by atoms with Crippen molar-refractivity contribution in [1.29, 1.82) is 0 Å². The van der Waals surface area contributed by atoms with Crippen LogP contribution in [0.3, 0.4) is 0 Å². The lowest BCUT2D eigenvalue weighted by Gasteiger charge is -2.09. The molecule has 0 spiro atoms. The van der Waals surface area contributed by atoms with Gasteiger partial charge in [-0.15, -0.1) is 0 Å². The second-order valence-corrected chi connectivity index (χ2v) is 7.11. The maximum atomic E-state index is 12.2. The molecular formula is C23H29N5O2. The van der Waals surface area contributed by atoms with Crippen molar-refractivity contribution >= 4 is 11.7 Å². The first kappa shape index (κ1) is 21.4. The van der Waals surface area contributed by atoms with E-state index in [0.717, 1.165) is 47.0 Å². The van der Waals surface area contributed by atoms with Gasteiger partial charge in [-0.3, -0.25) is 0 Å². The van der Waals surface area contributed by atoms with Gasteiger partial charge in [0.1, 0.15) is 5.75 Å². The molecule has 0 bridgehead atoms. The molecule has 1 aromatic carbocycles. The molecular weight excluding hydrogens is 378 g/mol. The number of rotatable bonds is 9. The van der Waals surface area contributed by atoms with Crippen LogP contribution >= 0.6 is 0 Å². The van der Waals surface area contributed by atoms with Crippen molar-refractivity contribution in [2.45, 2.75) is 40.0 Å². The molecule has 2 aromatic heterocycles. The molecule has 3 rings (SSSR count). The van der Waals surface area contributed by atoms with E-state index in [0.29, 0.717) is 19.6 Å². The molecule has 0 unspecified atom stereocenters. The lowest BCUT2D eigenvalue weighted by atomic mass is 10.1. The van der Waals surface area contributed by atoms with Crippen LogP contribution in [-0.2, 0) is 6.42 Å². The van der Waals surface area contributed by atoms with Crippen LogP contribution in [0.5, 0.6) is 5.75 Å². The maximum absolute atomic E-state index is 12.2. The Morgan fingerprint density at radius 2 is 1.93 bits per heavy atom. The third kappa shape index (κ3) is 5.59. The number of ether oxygens (including phenoxy) is 1. The Kier molecular flexibility index (Phi) is 7.43. The van der Waals surface area contributed by atoms with E-state index >= 15 is 0 Å². The Bertz CT molecular complexity index is 952. The van der Waals surface area contributed by atoms with Gasteiger partial charge in [-0.25, -0.2) is 14.5 Å². The van der Waals surface area contributed by atoms with Gasteiger partial charge in [0, 0.05) is 24.1 Å². The van der Waals surface area contributed by atoms with E-state index < -0.39 is 0 Å². The monoisotopic (exact) mass is 407 g/mol. The fraction of sp³-hybridized carbons (Fsp3) is 0.348. The zero-order valence-electron chi connectivity index (χ0n) is 17.8. The summed E-state index contributed by atoms with van der Waals surface area (Å²) in [5, 5.41) is 10.3. The first-order chi connectivity index (χ1) is 14.6. The first-order valence-corrected chi connectivity index (χ1v) is 10.3. The highest BCUT2D eigenvalue weighted by molar-refractivity contribution is 5.89. The van der Waals surface area contributed by atoms with E-state index in [1.54, 1.807) is 6.20 Å². The van der Waals surface area contributed by atoms with Gasteiger partial charge in [-0.2, -0.15) is 5.10 Å². The van der Waals surface area contributed by atoms with Gasteiger partial charge >= 0.3 is 6.03 Å². The number of hydrogen-bond acceptors (Lipinski definition) is 4. The number of pyridine rings is 1. The molecule has 158 valence electrons. The van der Waals surface area contributed by atoms with Crippen LogP contribution in [0.25, 0.3) is 5.82 Å². The normalized spacial score (nSPS) is 10.6. The van der Waals surface area contributed by atoms with Crippen LogP contribution in [0.1, 0.15) is 36.7 Å². The number of urea groups is 1. The van der Waals surface area contributed by atoms with Crippen LogP contribution < -0.4 is 15.4 Å². The number of aryl methyl sites for hydroxylation is 1. The Morgan fingerprint density at radius 1 is 1.13 bits per heavy atom. The van der Waals surface area contributed by atoms with Crippen LogP contribution in [0, 0.1) is 13.8 Å². The minimum atomic E-state index is -0.234. The highest BCUT2D eigenvalue weighted by Gasteiger charge is 2.13. The van der Waals surface area contributed by atoms with E-state index in [9.17, 15) is 4.79 Å². The lowest BCUT2D eigenvalue weighted by molar-refractivity contribution is 0.252. The van der Waals surface area contributed by atoms with E-state index in [2.05, 4.69) is 27.6 Å². The third-order valence-corrected chi connectivity index (χ3v) is 4.85. The SMILES string of the molecule is CCCCOc1ccc(NC(=O)NCCc2c(C)nn(-c3ccccn3)c2C)cc1. The summed E-state index contributed by atoms with van der Waals surface area (Å²) in [6.45, 7) is 7.35. The number of benzene rings is 1. The van der Waals surface area contributed by atoms with E-state index in [4.69, 9.17) is 4.74 Å². The Hall–Kier alpha value is -3.35. The second-order valence-electron chi connectivity index (χ2n) is 7.11. The molecule has 0 fully saturated rings. The molecule has 0 radical (unpaired) electrons. The van der Waals surface area contributed by atoms with Crippen molar-refractivity contribution < 1.29 is 9.53 Å². The predicted octanol–water partition coefficient (Wildman–Crippen LogP) is 4.43. The summed E-state index contributed by atoms with van der Waals surface area (Å²) >= 11 is 0. The first-order valence-electron chi connectivity index (χ1n) is 10.3. The van der Waals surface area contributed by atoms with E-state index in [-0.39, 0.29) is 6.03 Å². The number of nitrogens with zero attached hydrogens (tertiary/aromatic N) is 3. The zero-order chi connectivity index (χ0) is 21.3. The summed E-state index contributed by atoms with van der Waals surface area (Å²) in [5.74, 6) is 1.60. The second kappa shape index (κ2) is 10.4. The van der Waals surface area contributed by atoms with Gasteiger partial charge in [0.05, 0.1) is 12.3 Å². The van der Waals surface area contributed by atoms with Gasteiger partial charge in [0.2, 0.25) is 0 Å². The van der Waals surface area contributed by atoms with Crippen LogP contribution in [0.15, 0.2) is 48.7 Å². The molecule has 0 aliphatic carbocycles. The number of nitrogens with one attached hydrogen (secondary N) is 2. The molecule has 2 N–H and O–H groups in total. The average molecular weight is 408 g/mol. The number of hydrogen-bond donors (Lipinski definition) is 2. The van der Waals surface area contributed by atoms with Crippen LogP contribution in [0.4, 0.5) is 10.5 Å². The third-order valence-electron chi connectivity index (χ3n) is 4.85. The molecule has 0 aliphatic rings. The average Bonchev–Trinajstić information content (AvgIpc) is 3.04. The van der Waals surface area contributed by atoms with Gasteiger partial charge in [-0.05, 0) is 68.7 Å². The van der Waals surface area contributed by atoms with Crippen molar-refractivity contribution in [3.05, 3.63) is 65.6 Å². The number of aromatic nitrogens is 3. The highest BCUT2D eigenvalue weighted by atomic mass is 16.5. The number of carbonyl (C=O) groups is 1. The summed E-state index contributed by atoms with van der Waals surface area (Å²) in [5.41, 5.74) is 3.83. The number of carbonyl (C=O) groups excluding carboxylic acids is 1. The fourth-order valence-electron chi connectivity index (χ4n) is 3.18. The van der Waals surface area contributed by atoms with Crippen molar-refractivity contribution in [1.82, 2.24) is 20.1 Å². The molecule has 30 heavy (non-hydrogen) atoms. The molecule has 3 aromatic rings. The van der Waals surface area contributed by atoms with Gasteiger partial charge < -0.3 is 15.4 Å². The topological polar surface area (TPSA) is 81.1 Å². The summed E-state index contributed by atoms with van der Waals surface area (Å²) in [6, 6.07) is 12.9.